The molecule has 0 saturated heterocycles. The van der Waals surface area contributed by atoms with Crippen molar-refractivity contribution in [2.75, 3.05) is 6.54 Å². The van der Waals surface area contributed by atoms with Crippen molar-refractivity contribution < 1.29 is 0 Å². The van der Waals surface area contributed by atoms with Crippen LogP contribution in [-0.2, 0) is 13.0 Å². The van der Waals surface area contributed by atoms with E-state index >= 15 is 0 Å². The highest BCUT2D eigenvalue weighted by Gasteiger charge is 2.04. The molecule has 1 aromatic carbocycles. The van der Waals surface area contributed by atoms with Gasteiger partial charge in [-0.3, -0.25) is 0 Å². The van der Waals surface area contributed by atoms with Crippen LogP contribution in [0.25, 0.3) is 0 Å². The number of rotatable bonds is 9. The second kappa shape index (κ2) is 8.63. The van der Waals surface area contributed by atoms with Gasteiger partial charge in [0, 0.05) is 25.0 Å². The summed E-state index contributed by atoms with van der Waals surface area (Å²) in [6.07, 6.45) is 10.5. The highest BCUT2D eigenvalue weighted by atomic mass is 15.0. The van der Waals surface area contributed by atoms with Crippen LogP contribution in [-0.4, -0.2) is 16.1 Å². The van der Waals surface area contributed by atoms with Crippen molar-refractivity contribution in [3.8, 4) is 0 Å². The Morgan fingerprint density at radius 1 is 1.19 bits per heavy atom. The molecule has 3 nitrogen and oxygen atoms in total. The molecule has 0 amide bonds. The SMILES string of the molecule is CCCc1ccc(C(C)NCCCCn2ccnc2)cc1. The zero-order chi connectivity index (χ0) is 14.9. The lowest BCUT2D eigenvalue weighted by Gasteiger charge is -2.15. The number of benzene rings is 1. The van der Waals surface area contributed by atoms with Crippen LogP contribution in [0, 0.1) is 0 Å². The third-order valence-electron chi connectivity index (χ3n) is 3.87. The summed E-state index contributed by atoms with van der Waals surface area (Å²) < 4.78 is 2.13. The van der Waals surface area contributed by atoms with E-state index in [4.69, 9.17) is 0 Å². The van der Waals surface area contributed by atoms with Gasteiger partial charge in [0.15, 0.2) is 0 Å². The van der Waals surface area contributed by atoms with E-state index in [9.17, 15) is 0 Å². The predicted octanol–water partition coefficient (Wildman–Crippen LogP) is 3.97. The van der Waals surface area contributed by atoms with Gasteiger partial charge in [0.2, 0.25) is 0 Å². The Labute approximate surface area is 128 Å². The van der Waals surface area contributed by atoms with Gasteiger partial charge in [-0.05, 0) is 43.9 Å². The standard InChI is InChI=1S/C18H27N3/c1-3-6-17-7-9-18(10-8-17)16(2)20-11-4-5-13-21-14-12-19-15-21/h7-10,12,14-16,20H,3-6,11,13H2,1-2H3. The fourth-order valence-corrected chi connectivity index (χ4v) is 2.54. The highest BCUT2D eigenvalue weighted by molar-refractivity contribution is 5.24. The lowest BCUT2D eigenvalue weighted by atomic mass is 10.0. The van der Waals surface area contributed by atoms with Crippen molar-refractivity contribution in [3.63, 3.8) is 0 Å². The molecule has 1 atom stereocenters. The Morgan fingerprint density at radius 2 is 2.00 bits per heavy atom. The molecule has 21 heavy (non-hydrogen) atoms. The van der Waals surface area contributed by atoms with E-state index in [0.29, 0.717) is 6.04 Å². The summed E-state index contributed by atoms with van der Waals surface area (Å²) in [5, 5.41) is 3.61. The second-order valence-electron chi connectivity index (χ2n) is 5.68. The predicted molar refractivity (Wildman–Crippen MR) is 88.3 cm³/mol. The minimum absolute atomic E-state index is 0.425. The molecule has 0 aliphatic rings. The van der Waals surface area contributed by atoms with Crippen molar-refractivity contribution in [2.45, 2.75) is 52.1 Å². The Balaban J connectivity index is 1.65. The van der Waals surface area contributed by atoms with Gasteiger partial charge in [-0.1, -0.05) is 37.6 Å². The van der Waals surface area contributed by atoms with Gasteiger partial charge >= 0.3 is 0 Å². The molecule has 2 aromatic rings. The average molecular weight is 285 g/mol. The quantitative estimate of drug-likeness (QED) is 0.707. The number of imidazole rings is 1. The molecule has 0 bridgehead atoms. The lowest BCUT2D eigenvalue weighted by Crippen LogP contribution is -2.20. The number of hydrogen-bond donors (Lipinski definition) is 1. The van der Waals surface area contributed by atoms with E-state index in [1.165, 1.54) is 36.8 Å². The summed E-state index contributed by atoms with van der Waals surface area (Å²) in [4.78, 5) is 4.06. The molecular formula is C18H27N3. The molecule has 0 radical (unpaired) electrons. The lowest BCUT2D eigenvalue weighted by molar-refractivity contribution is 0.523. The number of nitrogens with zero attached hydrogens (tertiary/aromatic N) is 2. The maximum atomic E-state index is 4.06. The van der Waals surface area contributed by atoms with Gasteiger partial charge < -0.3 is 9.88 Å². The van der Waals surface area contributed by atoms with E-state index in [-0.39, 0.29) is 0 Å². The summed E-state index contributed by atoms with van der Waals surface area (Å²) in [6, 6.07) is 9.46. The van der Waals surface area contributed by atoms with E-state index in [2.05, 4.69) is 53.0 Å². The van der Waals surface area contributed by atoms with Crippen LogP contribution in [0.2, 0.25) is 0 Å². The molecule has 0 spiro atoms. The second-order valence-corrected chi connectivity index (χ2v) is 5.68. The number of aromatic nitrogens is 2. The maximum absolute atomic E-state index is 4.06. The number of unbranched alkanes of at least 4 members (excludes halogenated alkanes) is 1. The van der Waals surface area contributed by atoms with Crippen LogP contribution in [0.5, 0.6) is 0 Å². The van der Waals surface area contributed by atoms with Gasteiger partial charge in [0.25, 0.3) is 0 Å². The Bertz CT molecular complexity index is 488. The minimum Gasteiger partial charge on any atom is -0.337 e. The third kappa shape index (κ3) is 5.35. The Morgan fingerprint density at radius 3 is 2.67 bits per heavy atom. The van der Waals surface area contributed by atoms with Crippen LogP contribution < -0.4 is 5.32 Å². The summed E-state index contributed by atoms with van der Waals surface area (Å²) in [5.41, 5.74) is 2.82. The normalized spacial score (nSPS) is 12.5. The molecule has 1 aromatic heterocycles. The molecule has 114 valence electrons. The molecule has 1 unspecified atom stereocenters. The van der Waals surface area contributed by atoms with Gasteiger partial charge in [0.1, 0.15) is 0 Å². The fraction of sp³-hybridized carbons (Fsp3) is 0.500. The largest absolute Gasteiger partial charge is 0.337 e. The zero-order valence-corrected chi connectivity index (χ0v) is 13.3. The van der Waals surface area contributed by atoms with Crippen molar-refractivity contribution in [1.29, 1.82) is 0 Å². The average Bonchev–Trinajstić information content (AvgIpc) is 3.01. The highest BCUT2D eigenvalue weighted by Crippen LogP contribution is 2.14. The Hall–Kier alpha value is -1.61. The molecular weight excluding hydrogens is 258 g/mol. The minimum atomic E-state index is 0.425. The molecule has 0 saturated carbocycles. The van der Waals surface area contributed by atoms with Crippen molar-refractivity contribution in [2.24, 2.45) is 0 Å². The molecule has 0 aliphatic heterocycles. The van der Waals surface area contributed by atoms with Crippen LogP contribution in [0.15, 0.2) is 43.0 Å². The topological polar surface area (TPSA) is 29.9 Å². The smallest absolute Gasteiger partial charge is 0.0945 e. The zero-order valence-electron chi connectivity index (χ0n) is 13.3. The van der Waals surface area contributed by atoms with Gasteiger partial charge in [-0.2, -0.15) is 0 Å². The number of hydrogen-bond acceptors (Lipinski definition) is 2. The van der Waals surface area contributed by atoms with Crippen LogP contribution in [0.1, 0.15) is 50.3 Å². The summed E-state index contributed by atoms with van der Waals surface area (Å²) >= 11 is 0. The van der Waals surface area contributed by atoms with Crippen LogP contribution >= 0.6 is 0 Å². The molecule has 0 aliphatic carbocycles. The first-order chi connectivity index (χ1) is 10.3. The first-order valence-electron chi connectivity index (χ1n) is 8.07. The number of aryl methyl sites for hydroxylation is 2. The van der Waals surface area contributed by atoms with Gasteiger partial charge in [-0.25, -0.2) is 4.98 Å². The summed E-state index contributed by atoms with van der Waals surface area (Å²) in [5.74, 6) is 0. The Kier molecular flexibility index (Phi) is 6.48. The summed E-state index contributed by atoms with van der Waals surface area (Å²) in [6.45, 7) is 6.58. The van der Waals surface area contributed by atoms with E-state index in [1.54, 1.807) is 0 Å². The van der Waals surface area contributed by atoms with Crippen LogP contribution in [0.3, 0.4) is 0 Å². The number of nitrogens with one attached hydrogen (secondary N) is 1. The molecule has 1 N–H and O–H groups in total. The first kappa shape index (κ1) is 15.8. The fourth-order valence-electron chi connectivity index (χ4n) is 2.54. The van der Waals surface area contributed by atoms with E-state index < -0.39 is 0 Å². The van der Waals surface area contributed by atoms with Gasteiger partial charge in [-0.15, -0.1) is 0 Å². The molecule has 3 heteroatoms. The van der Waals surface area contributed by atoms with Crippen molar-refractivity contribution in [3.05, 3.63) is 54.1 Å². The monoisotopic (exact) mass is 285 g/mol. The van der Waals surface area contributed by atoms with Crippen molar-refractivity contribution >= 4 is 0 Å². The van der Waals surface area contributed by atoms with Crippen LogP contribution in [0.4, 0.5) is 0 Å². The molecule has 2 rings (SSSR count). The van der Waals surface area contributed by atoms with E-state index in [1.807, 2.05) is 18.7 Å². The first-order valence-corrected chi connectivity index (χ1v) is 8.07. The maximum Gasteiger partial charge on any atom is 0.0945 e. The third-order valence-corrected chi connectivity index (χ3v) is 3.87. The molecule has 1 heterocycles. The molecule has 0 fully saturated rings. The van der Waals surface area contributed by atoms with E-state index in [0.717, 1.165) is 13.1 Å². The van der Waals surface area contributed by atoms with Crippen molar-refractivity contribution in [1.82, 2.24) is 14.9 Å². The summed E-state index contributed by atoms with van der Waals surface area (Å²) in [7, 11) is 0. The van der Waals surface area contributed by atoms with Gasteiger partial charge in [0.05, 0.1) is 6.33 Å².